The molecule has 0 aromatic heterocycles. The second-order valence-corrected chi connectivity index (χ2v) is 9.91. The van der Waals surface area contributed by atoms with Gasteiger partial charge in [-0.2, -0.15) is 0 Å². The highest BCUT2D eigenvalue weighted by Crippen LogP contribution is 2.36. The fourth-order valence-corrected chi connectivity index (χ4v) is 5.33. The molecule has 1 aliphatic rings. The van der Waals surface area contributed by atoms with Crippen molar-refractivity contribution in [3.05, 3.63) is 58.7 Å². The van der Waals surface area contributed by atoms with Gasteiger partial charge in [-0.15, -0.1) is 0 Å². The van der Waals surface area contributed by atoms with E-state index < -0.39 is 11.6 Å². The van der Waals surface area contributed by atoms with E-state index in [0.29, 0.717) is 6.54 Å². The largest absolute Gasteiger partial charge is 0.493 e. The van der Waals surface area contributed by atoms with Crippen molar-refractivity contribution in [1.29, 1.82) is 0 Å². The second kappa shape index (κ2) is 13.1. The van der Waals surface area contributed by atoms with Crippen LogP contribution in [0.4, 0.5) is 8.78 Å². The molecule has 1 unspecified atom stereocenters. The van der Waals surface area contributed by atoms with Crippen molar-refractivity contribution < 1.29 is 22.7 Å². The predicted octanol–water partition coefficient (Wildman–Crippen LogP) is 7.59. The maximum Gasteiger partial charge on any atom is 0.161 e. The number of hydrogen-bond donors (Lipinski definition) is 0. The second-order valence-electron chi connectivity index (χ2n) is 9.91. The lowest BCUT2D eigenvalue weighted by molar-refractivity contribution is -0.955. The van der Waals surface area contributed by atoms with Crippen LogP contribution in [0, 0.1) is 11.6 Å². The van der Waals surface area contributed by atoms with E-state index in [-0.39, 0.29) is 0 Å². The molecule has 188 valence electrons. The van der Waals surface area contributed by atoms with Crippen molar-refractivity contribution >= 4 is 0 Å². The monoisotopic (exact) mass is 474 g/mol. The first-order valence-corrected chi connectivity index (χ1v) is 13.0. The van der Waals surface area contributed by atoms with Crippen LogP contribution < -0.4 is 9.47 Å². The van der Waals surface area contributed by atoms with Gasteiger partial charge in [-0.25, -0.2) is 8.78 Å². The minimum atomic E-state index is -0.782. The Kier molecular flexibility index (Phi) is 10.2. The number of unbranched alkanes of at least 4 members (excludes halogenated alkanes) is 8. The maximum absolute atomic E-state index is 14.0. The minimum absolute atomic E-state index is 0.710. The molecule has 1 heterocycles. The Bertz CT molecular complexity index is 917. The molecule has 5 heteroatoms. The molecule has 0 saturated heterocycles. The summed E-state index contributed by atoms with van der Waals surface area (Å²) in [7, 11) is 3.33. The Hall–Kier alpha value is -2.14. The molecule has 0 fully saturated rings. The fourth-order valence-electron chi connectivity index (χ4n) is 5.33. The quantitative estimate of drug-likeness (QED) is 0.207. The number of benzene rings is 2. The first-order valence-electron chi connectivity index (χ1n) is 13.0. The SMILES string of the molecule is CCCCCCCCCCC[N+]1(Cc2ccc(F)c(F)c2)CCc2cc(OC)c(OC)cc2C1. The highest BCUT2D eigenvalue weighted by atomic mass is 19.2. The molecule has 1 aliphatic heterocycles. The van der Waals surface area contributed by atoms with Gasteiger partial charge in [-0.1, -0.05) is 57.9 Å². The molecule has 0 N–H and O–H groups in total. The van der Waals surface area contributed by atoms with E-state index in [4.69, 9.17) is 9.47 Å². The Balaban J connectivity index is 1.68. The average Bonchev–Trinajstić information content (AvgIpc) is 2.84. The Labute approximate surface area is 204 Å². The van der Waals surface area contributed by atoms with Crippen LogP contribution >= 0.6 is 0 Å². The van der Waals surface area contributed by atoms with E-state index in [9.17, 15) is 8.78 Å². The minimum Gasteiger partial charge on any atom is -0.493 e. The maximum atomic E-state index is 14.0. The summed E-state index contributed by atoms with van der Waals surface area (Å²) >= 11 is 0. The zero-order valence-corrected chi connectivity index (χ0v) is 21.3. The third-order valence-corrected chi connectivity index (χ3v) is 7.31. The molecule has 1 atom stereocenters. The number of fused-ring (bicyclic) bond motifs is 1. The van der Waals surface area contributed by atoms with Crippen molar-refractivity contribution in [2.75, 3.05) is 27.3 Å². The molecule has 0 saturated carbocycles. The molecule has 3 rings (SSSR count). The van der Waals surface area contributed by atoms with E-state index in [1.807, 2.05) is 0 Å². The van der Waals surface area contributed by atoms with E-state index in [0.717, 1.165) is 54.0 Å². The van der Waals surface area contributed by atoms with Crippen molar-refractivity contribution in [2.24, 2.45) is 0 Å². The number of nitrogens with zero attached hydrogens (tertiary/aromatic N) is 1. The normalized spacial score (nSPS) is 17.4. The standard InChI is InChI=1S/C29H42F2NO2/c1-4-5-6-7-8-9-10-11-12-16-32(21-23-13-14-26(30)27(31)18-23)17-15-24-19-28(33-2)29(34-3)20-25(24)22-32/h13-14,18-20H,4-12,15-17,21-22H2,1-3H3/q+1. The summed E-state index contributed by atoms with van der Waals surface area (Å²) in [6.45, 7) is 5.86. The molecule has 0 spiro atoms. The van der Waals surface area contributed by atoms with Crippen molar-refractivity contribution in [3.8, 4) is 11.5 Å². The topological polar surface area (TPSA) is 18.5 Å². The number of halogens is 2. The van der Waals surface area contributed by atoms with Crippen LogP contribution in [0.2, 0.25) is 0 Å². The summed E-state index contributed by atoms with van der Waals surface area (Å²) in [5, 5.41) is 0. The fraction of sp³-hybridized carbons (Fsp3) is 0.586. The first kappa shape index (κ1) is 26.5. The summed E-state index contributed by atoms with van der Waals surface area (Å²) < 4.78 is 39.4. The Morgan fingerprint density at radius 1 is 0.765 bits per heavy atom. The van der Waals surface area contributed by atoms with Gasteiger partial charge in [0.2, 0.25) is 0 Å². The van der Waals surface area contributed by atoms with Gasteiger partial charge in [0.05, 0.1) is 27.3 Å². The number of methoxy groups -OCH3 is 2. The molecule has 3 nitrogen and oxygen atoms in total. The molecule has 0 radical (unpaired) electrons. The van der Waals surface area contributed by atoms with Gasteiger partial charge in [0.1, 0.15) is 13.1 Å². The van der Waals surface area contributed by atoms with Gasteiger partial charge in [0.15, 0.2) is 23.1 Å². The lowest BCUT2D eigenvalue weighted by atomic mass is 9.95. The molecule has 34 heavy (non-hydrogen) atoms. The van der Waals surface area contributed by atoms with Crippen molar-refractivity contribution in [2.45, 2.75) is 84.2 Å². The summed E-state index contributed by atoms with van der Waals surface area (Å²) in [5.41, 5.74) is 3.42. The van der Waals surface area contributed by atoms with E-state index in [1.165, 1.54) is 74.6 Å². The van der Waals surface area contributed by atoms with Gasteiger partial charge < -0.3 is 14.0 Å². The van der Waals surface area contributed by atoms with Crippen molar-refractivity contribution in [3.63, 3.8) is 0 Å². The Morgan fingerprint density at radius 3 is 2.00 bits per heavy atom. The summed E-state index contributed by atoms with van der Waals surface area (Å²) in [6.07, 6.45) is 12.6. The van der Waals surface area contributed by atoms with Crippen LogP contribution in [0.15, 0.2) is 30.3 Å². The van der Waals surface area contributed by atoms with Gasteiger partial charge in [0, 0.05) is 17.5 Å². The smallest absolute Gasteiger partial charge is 0.161 e. The van der Waals surface area contributed by atoms with Crippen LogP contribution in [0.5, 0.6) is 11.5 Å². The van der Waals surface area contributed by atoms with E-state index in [1.54, 1.807) is 20.3 Å². The highest BCUT2D eigenvalue weighted by molar-refractivity contribution is 5.47. The van der Waals surface area contributed by atoms with Gasteiger partial charge in [0.25, 0.3) is 0 Å². The van der Waals surface area contributed by atoms with Gasteiger partial charge in [-0.05, 0) is 42.7 Å². The zero-order valence-electron chi connectivity index (χ0n) is 21.3. The van der Waals surface area contributed by atoms with Crippen LogP contribution in [-0.2, 0) is 19.5 Å². The lowest BCUT2D eigenvalue weighted by Crippen LogP contribution is -2.51. The first-order chi connectivity index (χ1) is 16.5. The van der Waals surface area contributed by atoms with E-state index in [2.05, 4.69) is 19.1 Å². The van der Waals surface area contributed by atoms with Gasteiger partial charge >= 0.3 is 0 Å². The summed E-state index contributed by atoms with van der Waals surface area (Å²) in [5.74, 6) is -0.0319. The zero-order chi connectivity index (χ0) is 24.4. The predicted molar refractivity (Wildman–Crippen MR) is 134 cm³/mol. The van der Waals surface area contributed by atoms with Crippen molar-refractivity contribution in [1.82, 2.24) is 0 Å². The summed E-state index contributed by atoms with van der Waals surface area (Å²) in [4.78, 5) is 0. The number of ether oxygens (including phenoxy) is 2. The molecular weight excluding hydrogens is 432 g/mol. The average molecular weight is 475 g/mol. The molecule has 0 bridgehead atoms. The van der Waals surface area contributed by atoms with Gasteiger partial charge in [-0.3, -0.25) is 0 Å². The third kappa shape index (κ3) is 7.18. The third-order valence-electron chi connectivity index (χ3n) is 7.31. The number of hydrogen-bond acceptors (Lipinski definition) is 2. The van der Waals surface area contributed by atoms with Crippen LogP contribution in [0.1, 0.15) is 81.4 Å². The molecule has 2 aromatic rings. The molecule has 2 aromatic carbocycles. The van der Waals surface area contributed by atoms with Crippen LogP contribution in [0.25, 0.3) is 0 Å². The molecular formula is C29H42F2NO2+. The highest BCUT2D eigenvalue weighted by Gasteiger charge is 2.34. The lowest BCUT2D eigenvalue weighted by Gasteiger charge is -2.42. The molecule has 0 aliphatic carbocycles. The van der Waals surface area contributed by atoms with Crippen LogP contribution in [0.3, 0.4) is 0 Å². The Morgan fingerprint density at radius 2 is 1.38 bits per heavy atom. The van der Waals surface area contributed by atoms with Crippen LogP contribution in [-0.4, -0.2) is 31.8 Å². The van der Waals surface area contributed by atoms with E-state index >= 15 is 0 Å². The number of rotatable bonds is 14. The molecule has 0 amide bonds. The number of quaternary nitrogens is 1. The summed E-state index contributed by atoms with van der Waals surface area (Å²) in [6, 6.07) is 8.56.